The number of oxazole rings is 1. The summed E-state index contributed by atoms with van der Waals surface area (Å²) in [5, 5.41) is 21.8. The summed E-state index contributed by atoms with van der Waals surface area (Å²) in [6.45, 7) is 7.85. The SMILES string of the molecule is Cc1coc(=N)n1Cc1cccc2[nH]c(NC(C)(CCC(C)(C)C(=O)O)c3cccc(Cl)c3)nc12. The van der Waals surface area contributed by atoms with Crippen molar-refractivity contribution in [1.82, 2.24) is 14.5 Å². The molecular weight excluding hydrogens is 466 g/mol. The average molecular weight is 496 g/mol. The van der Waals surface area contributed by atoms with E-state index in [1.165, 1.54) is 0 Å². The second-order valence-electron chi connectivity index (χ2n) is 9.82. The summed E-state index contributed by atoms with van der Waals surface area (Å²) in [6, 6.07) is 13.5. The highest BCUT2D eigenvalue weighted by Crippen LogP contribution is 2.36. The number of benzene rings is 2. The summed E-state index contributed by atoms with van der Waals surface area (Å²) in [4.78, 5) is 19.9. The number of carboxylic acid groups (broad SMARTS) is 1. The van der Waals surface area contributed by atoms with Gasteiger partial charge in [-0.1, -0.05) is 35.9 Å². The molecule has 4 aromatic rings. The van der Waals surface area contributed by atoms with Gasteiger partial charge >= 0.3 is 5.97 Å². The van der Waals surface area contributed by atoms with Crippen LogP contribution >= 0.6 is 11.6 Å². The number of aliphatic carboxylic acids is 1. The summed E-state index contributed by atoms with van der Waals surface area (Å²) in [6.07, 6.45) is 2.56. The maximum atomic E-state index is 11.7. The summed E-state index contributed by atoms with van der Waals surface area (Å²) in [5.41, 5.74) is 2.98. The molecule has 0 aliphatic rings. The van der Waals surface area contributed by atoms with Crippen LogP contribution in [0.3, 0.4) is 0 Å². The number of rotatable bonds is 9. The van der Waals surface area contributed by atoms with Gasteiger partial charge in [0.05, 0.1) is 34.2 Å². The lowest BCUT2D eigenvalue weighted by molar-refractivity contribution is -0.147. The Kier molecular flexibility index (Phi) is 6.51. The highest BCUT2D eigenvalue weighted by Gasteiger charge is 2.34. The first-order valence-corrected chi connectivity index (χ1v) is 11.8. The first kappa shape index (κ1) is 24.6. The van der Waals surface area contributed by atoms with Gasteiger partial charge in [-0.3, -0.25) is 14.8 Å². The lowest BCUT2D eigenvalue weighted by atomic mass is 9.79. The van der Waals surface area contributed by atoms with E-state index in [0.29, 0.717) is 30.4 Å². The van der Waals surface area contributed by atoms with Crippen molar-refractivity contribution in [2.45, 2.75) is 52.6 Å². The lowest BCUT2D eigenvalue weighted by Gasteiger charge is -2.34. The molecule has 2 aromatic heterocycles. The van der Waals surface area contributed by atoms with Crippen LogP contribution in [0.1, 0.15) is 50.4 Å². The number of carbonyl (C=O) groups is 1. The highest BCUT2D eigenvalue weighted by atomic mass is 35.5. The monoisotopic (exact) mass is 495 g/mol. The van der Waals surface area contributed by atoms with Gasteiger partial charge in [0.15, 0.2) is 0 Å². The molecule has 0 radical (unpaired) electrons. The Morgan fingerprint density at radius 1 is 1.23 bits per heavy atom. The minimum atomic E-state index is -0.879. The summed E-state index contributed by atoms with van der Waals surface area (Å²) < 4.78 is 7.00. The van der Waals surface area contributed by atoms with Crippen LogP contribution in [0.25, 0.3) is 11.0 Å². The molecule has 1 atom stereocenters. The zero-order valence-corrected chi connectivity index (χ0v) is 21.0. The molecule has 9 heteroatoms. The van der Waals surface area contributed by atoms with E-state index in [4.69, 9.17) is 26.4 Å². The molecule has 1 unspecified atom stereocenters. The number of imidazole rings is 1. The summed E-state index contributed by atoms with van der Waals surface area (Å²) in [5.74, 6) is -0.261. The van der Waals surface area contributed by atoms with E-state index >= 15 is 0 Å². The number of anilines is 1. The molecule has 0 bridgehead atoms. The van der Waals surface area contributed by atoms with Crippen molar-refractivity contribution >= 4 is 34.6 Å². The van der Waals surface area contributed by atoms with E-state index < -0.39 is 16.9 Å². The number of halogens is 1. The molecule has 0 aliphatic heterocycles. The minimum Gasteiger partial charge on any atom is -0.481 e. The molecular formula is C26H30ClN5O3. The van der Waals surface area contributed by atoms with Gasteiger partial charge in [0.1, 0.15) is 6.26 Å². The number of fused-ring (bicyclic) bond motifs is 1. The average Bonchev–Trinajstić information content (AvgIpc) is 3.35. The molecule has 4 rings (SSSR count). The lowest BCUT2D eigenvalue weighted by Crippen LogP contribution is -2.35. The Labute approximate surface area is 208 Å². The van der Waals surface area contributed by atoms with Crippen LogP contribution in [0, 0.1) is 17.7 Å². The van der Waals surface area contributed by atoms with Gasteiger partial charge in [-0.25, -0.2) is 4.98 Å². The van der Waals surface area contributed by atoms with Crippen LogP contribution in [0.15, 0.2) is 53.1 Å². The van der Waals surface area contributed by atoms with E-state index in [0.717, 1.165) is 27.9 Å². The van der Waals surface area contributed by atoms with Gasteiger partial charge in [0, 0.05) is 5.02 Å². The van der Waals surface area contributed by atoms with Crippen molar-refractivity contribution in [3.63, 3.8) is 0 Å². The third kappa shape index (κ3) is 5.12. The van der Waals surface area contributed by atoms with Crippen molar-refractivity contribution in [3.05, 3.63) is 76.3 Å². The van der Waals surface area contributed by atoms with E-state index in [-0.39, 0.29) is 5.68 Å². The molecule has 0 amide bonds. The molecule has 184 valence electrons. The molecule has 35 heavy (non-hydrogen) atoms. The molecule has 2 aromatic carbocycles. The van der Waals surface area contributed by atoms with Crippen LogP contribution in [0.5, 0.6) is 0 Å². The first-order valence-electron chi connectivity index (χ1n) is 11.4. The predicted molar refractivity (Wildman–Crippen MR) is 136 cm³/mol. The number of hydrogen-bond donors (Lipinski definition) is 4. The second kappa shape index (κ2) is 9.26. The van der Waals surface area contributed by atoms with E-state index in [1.54, 1.807) is 24.7 Å². The summed E-state index contributed by atoms with van der Waals surface area (Å²) in [7, 11) is 0. The van der Waals surface area contributed by atoms with Gasteiger partial charge in [0.2, 0.25) is 5.95 Å². The van der Waals surface area contributed by atoms with Crippen molar-refractivity contribution < 1.29 is 14.3 Å². The minimum absolute atomic E-state index is 0.0861. The fourth-order valence-electron chi connectivity index (χ4n) is 4.12. The number of aromatic amines is 1. The van der Waals surface area contributed by atoms with Crippen LogP contribution in [-0.2, 0) is 16.9 Å². The van der Waals surface area contributed by atoms with Crippen LogP contribution in [0.4, 0.5) is 5.95 Å². The van der Waals surface area contributed by atoms with Crippen molar-refractivity contribution in [1.29, 1.82) is 5.41 Å². The molecule has 0 aliphatic carbocycles. The van der Waals surface area contributed by atoms with Gasteiger partial charge < -0.3 is 19.8 Å². The zero-order valence-electron chi connectivity index (χ0n) is 20.3. The number of nitrogens with zero attached hydrogens (tertiary/aromatic N) is 2. The van der Waals surface area contributed by atoms with Crippen molar-refractivity contribution in [2.24, 2.45) is 5.41 Å². The number of H-pyrrole nitrogens is 1. The van der Waals surface area contributed by atoms with Gasteiger partial charge in [-0.15, -0.1) is 0 Å². The van der Waals surface area contributed by atoms with E-state index in [1.807, 2.05) is 56.3 Å². The molecule has 8 nitrogen and oxygen atoms in total. The molecule has 0 saturated heterocycles. The van der Waals surface area contributed by atoms with Crippen LogP contribution in [0.2, 0.25) is 5.02 Å². The van der Waals surface area contributed by atoms with Crippen molar-refractivity contribution in [3.8, 4) is 0 Å². The van der Waals surface area contributed by atoms with Crippen molar-refractivity contribution in [2.75, 3.05) is 5.32 Å². The third-order valence-corrected chi connectivity index (χ3v) is 6.86. The standard InChI is InChI=1S/C26H30ClN5O3/c1-16-15-35-23(28)32(16)14-17-7-5-10-20-21(17)30-24(29-20)31-26(4,12-11-25(2,3)22(33)34)18-8-6-9-19(27)13-18/h5-10,13,15,28H,11-12,14H2,1-4H3,(H,33,34)(H2,29,30,31). The van der Waals surface area contributed by atoms with Gasteiger partial charge in [-0.2, -0.15) is 0 Å². The predicted octanol–water partition coefficient (Wildman–Crippen LogP) is 5.67. The maximum Gasteiger partial charge on any atom is 0.309 e. The molecule has 0 spiro atoms. The quantitative estimate of drug-likeness (QED) is 0.238. The van der Waals surface area contributed by atoms with Gasteiger partial charge in [-0.05, 0) is 69.9 Å². The molecule has 4 N–H and O–H groups in total. The van der Waals surface area contributed by atoms with E-state index in [9.17, 15) is 9.90 Å². The van der Waals surface area contributed by atoms with Crippen LogP contribution < -0.4 is 11.0 Å². The number of para-hydroxylation sites is 1. The number of aromatic nitrogens is 3. The number of nitrogens with one attached hydrogen (secondary N) is 3. The maximum absolute atomic E-state index is 11.7. The molecule has 0 fully saturated rings. The van der Waals surface area contributed by atoms with Crippen LogP contribution in [-0.4, -0.2) is 25.6 Å². The highest BCUT2D eigenvalue weighted by molar-refractivity contribution is 6.30. The molecule has 2 heterocycles. The fourth-order valence-corrected chi connectivity index (χ4v) is 4.31. The largest absolute Gasteiger partial charge is 0.481 e. The Balaban J connectivity index is 1.70. The Morgan fingerprint density at radius 3 is 2.63 bits per heavy atom. The first-order chi connectivity index (χ1) is 16.5. The number of hydrogen-bond acceptors (Lipinski definition) is 5. The Morgan fingerprint density at radius 2 is 1.97 bits per heavy atom. The smallest absolute Gasteiger partial charge is 0.309 e. The summed E-state index contributed by atoms with van der Waals surface area (Å²) >= 11 is 6.30. The van der Waals surface area contributed by atoms with E-state index in [2.05, 4.69) is 10.3 Å². The fraction of sp³-hybridized carbons (Fsp3) is 0.346. The Hall–Kier alpha value is -3.52. The third-order valence-electron chi connectivity index (χ3n) is 6.62. The number of aryl methyl sites for hydroxylation is 1. The zero-order chi connectivity index (χ0) is 25.4. The number of carboxylic acids is 1. The topological polar surface area (TPSA) is 120 Å². The van der Waals surface area contributed by atoms with Gasteiger partial charge in [0.25, 0.3) is 5.68 Å². The normalized spacial score (nSPS) is 13.6. The second-order valence-corrected chi connectivity index (χ2v) is 10.3. The Bertz CT molecular complexity index is 1430. The molecule has 0 saturated carbocycles.